The fourth-order valence-corrected chi connectivity index (χ4v) is 3.02. The Hall–Kier alpha value is -4.75. The van der Waals surface area contributed by atoms with Gasteiger partial charge >= 0.3 is 11.4 Å². The summed E-state index contributed by atoms with van der Waals surface area (Å²) in [6, 6.07) is 23.3. The number of nitrogens with two attached hydrogens (primary N) is 2. The molecule has 0 amide bonds. The number of nitrogens with zero attached hydrogens (tertiary/aromatic N) is 4. The van der Waals surface area contributed by atoms with E-state index in [-0.39, 0.29) is 23.6 Å². The van der Waals surface area contributed by atoms with E-state index >= 15 is 0 Å². The second-order valence-electron chi connectivity index (χ2n) is 6.89. The molecule has 0 atom stereocenters. The van der Waals surface area contributed by atoms with E-state index in [9.17, 15) is 14.4 Å². The molecular formula is C24H25N7O3. The minimum atomic E-state index is -0.411. The molecule has 10 nitrogen and oxygen atoms in total. The van der Waals surface area contributed by atoms with Gasteiger partial charge in [-0.2, -0.15) is 10.2 Å². The predicted molar refractivity (Wildman–Crippen MR) is 131 cm³/mol. The molecule has 2 heterocycles. The number of para-hydroxylation sites is 2. The number of aromatic amines is 1. The summed E-state index contributed by atoms with van der Waals surface area (Å²) in [6.07, 6.45) is 0. The van der Waals surface area contributed by atoms with Crippen LogP contribution in [0.5, 0.6) is 0 Å². The Morgan fingerprint density at radius 3 is 1.79 bits per heavy atom. The summed E-state index contributed by atoms with van der Waals surface area (Å²) in [6.45, 7) is 3.68. The van der Waals surface area contributed by atoms with Crippen LogP contribution in [0.3, 0.4) is 0 Å². The van der Waals surface area contributed by atoms with Crippen molar-refractivity contribution in [3.63, 3.8) is 0 Å². The van der Waals surface area contributed by atoms with Gasteiger partial charge < -0.3 is 11.5 Å². The number of nitrogens with one attached hydrogen (secondary N) is 1. The van der Waals surface area contributed by atoms with Crippen LogP contribution in [0.4, 0.5) is 5.82 Å². The Labute approximate surface area is 195 Å². The quantitative estimate of drug-likeness (QED) is 0.381. The van der Waals surface area contributed by atoms with Crippen LogP contribution in [0.1, 0.15) is 11.4 Å². The summed E-state index contributed by atoms with van der Waals surface area (Å²) in [7, 11) is 0. The number of nitrogen functional groups attached to an aromatic ring is 1. The van der Waals surface area contributed by atoms with Gasteiger partial charge in [-0.1, -0.05) is 36.4 Å². The molecule has 5 N–H and O–H groups in total. The zero-order valence-electron chi connectivity index (χ0n) is 18.8. The largest absolute Gasteiger partial charge is 0.383 e. The molecule has 0 fully saturated rings. The summed E-state index contributed by atoms with van der Waals surface area (Å²) < 4.78 is 2.98. The highest BCUT2D eigenvalue weighted by Gasteiger charge is 2.05. The normalized spacial score (nSPS) is 9.59. The molecule has 0 aliphatic rings. The lowest BCUT2D eigenvalue weighted by molar-refractivity contribution is 0.856. The third-order valence-electron chi connectivity index (χ3n) is 4.37. The van der Waals surface area contributed by atoms with Crippen LogP contribution in [0, 0.1) is 25.2 Å². The maximum absolute atomic E-state index is 11.6. The van der Waals surface area contributed by atoms with Crippen molar-refractivity contribution in [3.05, 3.63) is 116 Å². The van der Waals surface area contributed by atoms with Gasteiger partial charge in [-0.3, -0.25) is 18.9 Å². The molecule has 0 bridgehead atoms. The molecule has 174 valence electrons. The van der Waals surface area contributed by atoms with Crippen molar-refractivity contribution in [3.8, 4) is 17.4 Å². The number of nitriles is 1. The first kappa shape index (κ1) is 25.5. The lowest BCUT2D eigenvalue weighted by atomic mass is 10.3. The smallest absolute Gasteiger partial charge is 0.354 e. The number of H-pyrrole nitrogens is 1. The summed E-state index contributed by atoms with van der Waals surface area (Å²) >= 11 is 0. The van der Waals surface area contributed by atoms with Crippen molar-refractivity contribution in [1.82, 2.24) is 19.1 Å². The standard InChI is InChI=1S/C11H11N3O.C11H10N2O2.C2H4N2/c1-8-7-10(12)13-11(15)14(8)9-5-3-2-4-6-9;1-8-7-10(14)12-11(15)13(8)9-5-3-2-4-6-9;3-1-2-4/h2-7H,1H3,(H2,12,13,15);2-7H,1H3,(H,12,14,15);1,3H2. The van der Waals surface area contributed by atoms with Crippen LogP contribution >= 0.6 is 0 Å². The lowest BCUT2D eigenvalue weighted by Crippen LogP contribution is -2.29. The first-order valence-corrected chi connectivity index (χ1v) is 10.2. The number of hydrogen-bond acceptors (Lipinski definition) is 7. The van der Waals surface area contributed by atoms with E-state index in [2.05, 4.69) is 15.7 Å². The van der Waals surface area contributed by atoms with E-state index < -0.39 is 5.69 Å². The molecule has 0 aliphatic carbocycles. The van der Waals surface area contributed by atoms with E-state index in [0.29, 0.717) is 5.69 Å². The average molecular weight is 460 g/mol. The fraction of sp³-hybridized carbons (Fsp3) is 0.125. The molecule has 0 spiro atoms. The van der Waals surface area contributed by atoms with E-state index in [4.69, 9.17) is 11.0 Å². The Bertz CT molecular complexity index is 1430. The second kappa shape index (κ2) is 12.3. The molecule has 10 heteroatoms. The molecule has 0 unspecified atom stereocenters. The SMILES string of the molecule is Cc1cc(=O)[nH]c(=O)n1-c1ccccc1.Cc1cc(N)nc(=O)n1-c1ccccc1.N#CCN. The van der Waals surface area contributed by atoms with Crippen LogP contribution in [0.15, 0.2) is 87.2 Å². The number of hydrogen-bond donors (Lipinski definition) is 3. The molecule has 2 aromatic heterocycles. The van der Waals surface area contributed by atoms with Crippen molar-refractivity contribution in [1.29, 1.82) is 5.26 Å². The molecule has 0 radical (unpaired) electrons. The first-order valence-electron chi connectivity index (χ1n) is 10.2. The molecule has 4 aromatic rings. The summed E-state index contributed by atoms with van der Waals surface area (Å²) in [5, 5.41) is 7.50. The summed E-state index contributed by atoms with van der Waals surface area (Å²) in [5.74, 6) is 0.254. The topological polar surface area (TPSA) is 166 Å². The number of aromatic nitrogens is 4. The Morgan fingerprint density at radius 1 is 0.882 bits per heavy atom. The molecule has 0 aliphatic heterocycles. The van der Waals surface area contributed by atoms with Crippen LogP contribution in [-0.2, 0) is 0 Å². The van der Waals surface area contributed by atoms with Crippen LogP contribution < -0.4 is 28.4 Å². The van der Waals surface area contributed by atoms with Crippen molar-refractivity contribution in [2.24, 2.45) is 5.73 Å². The molecule has 0 saturated carbocycles. The number of rotatable bonds is 2. The maximum Gasteiger partial charge on any atom is 0.354 e. The minimum Gasteiger partial charge on any atom is -0.383 e. The molecule has 0 saturated heterocycles. The van der Waals surface area contributed by atoms with Gasteiger partial charge in [-0.25, -0.2) is 9.59 Å². The van der Waals surface area contributed by atoms with Crippen molar-refractivity contribution < 1.29 is 0 Å². The molecule has 34 heavy (non-hydrogen) atoms. The highest BCUT2D eigenvalue weighted by Crippen LogP contribution is 2.08. The fourth-order valence-electron chi connectivity index (χ4n) is 3.02. The van der Waals surface area contributed by atoms with E-state index in [1.807, 2.05) is 67.6 Å². The molecule has 4 rings (SSSR count). The van der Waals surface area contributed by atoms with Crippen LogP contribution in [-0.4, -0.2) is 25.6 Å². The third kappa shape index (κ3) is 6.88. The van der Waals surface area contributed by atoms with Gasteiger partial charge in [0, 0.05) is 23.5 Å². The van der Waals surface area contributed by atoms with Gasteiger partial charge in [0.2, 0.25) is 0 Å². The minimum absolute atomic E-state index is 0.125. The van der Waals surface area contributed by atoms with Gasteiger partial charge in [-0.15, -0.1) is 0 Å². The van der Waals surface area contributed by atoms with E-state index in [1.54, 1.807) is 19.1 Å². The number of aryl methyl sites for hydroxylation is 2. The highest BCUT2D eigenvalue weighted by atomic mass is 16.2. The number of anilines is 1. The maximum atomic E-state index is 11.6. The van der Waals surface area contributed by atoms with Gasteiger partial charge in [0.05, 0.1) is 24.0 Å². The summed E-state index contributed by atoms with van der Waals surface area (Å²) in [4.78, 5) is 40.2. The van der Waals surface area contributed by atoms with Gasteiger partial charge in [0.1, 0.15) is 5.82 Å². The average Bonchev–Trinajstić information content (AvgIpc) is 2.80. The summed E-state index contributed by atoms with van der Waals surface area (Å²) in [5.41, 5.74) is 12.0. The first-order chi connectivity index (χ1) is 16.3. The zero-order valence-corrected chi connectivity index (χ0v) is 18.8. The van der Waals surface area contributed by atoms with Gasteiger partial charge in [0.15, 0.2) is 0 Å². The van der Waals surface area contributed by atoms with E-state index in [0.717, 1.165) is 17.1 Å². The van der Waals surface area contributed by atoms with Crippen LogP contribution in [0.25, 0.3) is 11.4 Å². The lowest BCUT2D eigenvalue weighted by Gasteiger charge is -2.08. The van der Waals surface area contributed by atoms with Crippen molar-refractivity contribution in [2.75, 3.05) is 12.3 Å². The Balaban J connectivity index is 0.000000208. The Kier molecular flexibility index (Phi) is 9.25. The second-order valence-corrected chi connectivity index (χ2v) is 6.89. The van der Waals surface area contributed by atoms with Crippen molar-refractivity contribution in [2.45, 2.75) is 13.8 Å². The zero-order chi connectivity index (χ0) is 25.1. The Morgan fingerprint density at radius 2 is 1.35 bits per heavy atom. The number of benzene rings is 2. The van der Waals surface area contributed by atoms with Gasteiger partial charge in [-0.05, 0) is 38.1 Å². The van der Waals surface area contributed by atoms with Crippen molar-refractivity contribution >= 4 is 5.82 Å². The molecular weight excluding hydrogens is 434 g/mol. The monoisotopic (exact) mass is 459 g/mol. The molecule has 2 aromatic carbocycles. The predicted octanol–water partition coefficient (Wildman–Crippen LogP) is 1.43. The highest BCUT2D eigenvalue weighted by molar-refractivity contribution is 5.37. The van der Waals surface area contributed by atoms with Crippen LogP contribution in [0.2, 0.25) is 0 Å². The third-order valence-corrected chi connectivity index (χ3v) is 4.37. The van der Waals surface area contributed by atoms with Gasteiger partial charge in [0.25, 0.3) is 5.56 Å². The van der Waals surface area contributed by atoms with E-state index in [1.165, 1.54) is 15.2 Å².